The second-order valence-corrected chi connectivity index (χ2v) is 5.92. The Morgan fingerprint density at radius 2 is 2.33 bits per heavy atom. The number of aromatic carboxylic acids is 1. The van der Waals surface area contributed by atoms with Crippen LogP contribution in [0.15, 0.2) is 11.6 Å². The van der Waals surface area contributed by atoms with Gasteiger partial charge < -0.3 is 15.3 Å². The average Bonchev–Trinajstić information content (AvgIpc) is 3.06. The quantitative estimate of drug-likeness (QED) is 0.885. The number of nitrogens with one attached hydrogen (secondary N) is 1. The minimum atomic E-state index is -1.00. The summed E-state index contributed by atoms with van der Waals surface area (Å²) in [7, 11) is 1.62. The van der Waals surface area contributed by atoms with Gasteiger partial charge in [-0.25, -0.2) is 9.78 Å². The first kappa shape index (κ1) is 13.9. The van der Waals surface area contributed by atoms with Gasteiger partial charge in [-0.2, -0.15) is 0 Å². The minimum absolute atomic E-state index is 0.00223. The van der Waals surface area contributed by atoms with E-state index in [0.29, 0.717) is 17.3 Å². The van der Waals surface area contributed by atoms with E-state index < -0.39 is 5.97 Å². The van der Waals surface area contributed by atoms with Crippen molar-refractivity contribution in [3.8, 4) is 0 Å². The van der Waals surface area contributed by atoms with Crippen LogP contribution in [0.5, 0.6) is 0 Å². The van der Waals surface area contributed by atoms with E-state index in [1.54, 1.807) is 17.6 Å². The van der Waals surface area contributed by atoms with E-state index in [-0.39, 0.29) is 17.5 Å². The number of rotatable bonds is 3. The number of hydrogen-bond donors (Lipinski definition) is 2. The number of carbonyl (C=O) groups is 2. The van der Waals surface area contributed by atoms with E-state index in [1.807, 2.05) is 10.3 Å². The molecule has 3 heterocycles. The van der Waals surface area contributed by atoms with Gasteiger partial charge in [-0.1, -0.05) is 0 Å². The van der Waals surface area contributed by atoms with Crippen molar-refractivity contribution in [2.45, 2.75) is 12.8 Å². The van der Waals surface area contributed by atoms with Gasteiger partial charge in [0, 0.05) is 31.7 Å². The van der Waals surface area contributed by atoms with Gasteiger partial charge in [-0.3, -0.25) is 9.20 Å². The third-order valence-electron chi connectivity index (χ3n) is 3.78. The molecule has 0 bridgehead atoms. The summed E-state index contributed by atoms with van der Waals surface area (Å²) in [5.74, 6) is -0.663. The number of imidazole rings is 1. The van der Waals surface area contributed by atoms with Crippen molar-refractivity contribution in [2.75, 3.05) is 25.0 Å². The predicted octanol–water partition coefficient (Wildman–Crippen LogP) is 1.06. The zero-order valence-corrected chi connectivity index (χ0v) is 12.4. The molecule has 0 saturated carbocycles. The summed E-state index contributed by atoms with van der Waals surface area (Å²) in [5.41, 5.74) is 0.170. The number of nitrogens with zero attached hydrogens (tertiary/aromatic N) is 3. The third kappa shape index (κ3) is 2.35. The standard InChI is InChI=1S/C13H16N4O3S/c1-14-11(18)8-3-2-4-16(7-8)10-9(12(19)20)17-5-6-21-13(17)15-10/h5-6,8H,2-4,7H2,1H3,(H,14,18)(H,19,20). The molecule has 3 rings (SSSR count). The van der Waals surface area contributed by atoms with Crippen molar-refractivity contribution in [1.29, 1.82) is 0 Å². The number of carbonyl (C=O) groups excluding carboxylic acids is 1. The Hall–Kier alpha value is -2.09. The molecule has 1 aliphatic heterocycles. The molecule has 2 aromatic heterocycles. The van der Waals surface area contributed by atoms with E-state index in [2.05, 4.69) is 10.3 Å². The highest BCUT2D eigenvalue weighted by molar-refractivity contribution is 7.15. The lowest BCUT2D eigenvalue weighted by molar-refractivity contribution is -0.124. The van der Waals surface area contributed by atoms with Crippen LogP contribution in [0.1, 0.15) is 23.3 Å². The fourth-order valence-electron chi connectivity index (χ4n) is 2.78. The smallest absolute Gasteiger partial charge is 0.356 e. The Morgan fingerprint density at radius 3 is 3.05 bits per heavy atom. The van der Waals surface area contributed by atoms with Crippen molar-refractivity contribution in [1.82, 2.24) is 14.7 Å². The zero-order valence-electron chi connectivity index (χ0n) is 11.6. The van der Waals surface area contributed by atoms with Gasteiger partial charge in [-0.05, 0) is 12.8 Å². The lowest BCUT2D eigenvalue weighted by Gasteiger charge is -2.32. The van der Waals surface area contributed by atoms with Gasteiger partial charge in [0.05, 0.1) is 5.92 Å². The van der Waals surface area contributed by atoms with Crippen LogP contribution in [-0.2, 0) is 4.79 Å². The first-order valence-electron chi connectivity index (χ1n) is 6.77. The minimum Gasteiger partial charge on any atom is -0.476 e. The van der Waals surface area contributed by atoms with Crippen LogP contribution in [0.2, 0.25) is 0 Å². The van der Waals surface area contributed by atoms with Crippen molar-refractivity contribution < 1.29 is 14.7 Å². The fraction of sp³-hybridized carbons (Fsp3) is 0.462. The van der Waals surface area contributed by atoms with Gasteiger partial charge in [0.25, 0.3) is 0 Å². The lowest BCUT2D eigenvalue weighted by Crippen LogP contribution is -2.42. The van der Waals surface area contributed by atoms with Crippen LogP contribution in [0.25, 0.3) is 4.96 Å². The Labute approximate surface area is 125 Å². The molecule has 0 aromatic carbocycles. The van der Waals surface area contributed by atoms with E-state index in [1.165, 1.54) is 11.3 Å². The van der Waals surface area contributed by atoms with Crippen molar-refractivity contribution >= 4 is 34.0 Å². The van der Waals surface area contributed by atoms with E-state index in [9.17, 15) is 14.7 Å². The summed E-state index contributed by atoms with van der Waals surface area (Å²) in [6.07, 6.45) is 3.38. The normalized spacial score (nSPS) is 18.9. The van der Waals surface area contributed by atoms with Crippen LogP contribution >= 0.6 is 11.3 Å². The summed E-state index contributed by atoms with van der Waals surface area (Å²) >= 11 is 1.40. The molecule has 0 spiro atoms. The fourth-order valence-corrected chi connectivity index (χ4v) is 3.49. The molecule has 1 atom stereocenters. The Bertz CT molecular complexity index is 693. The summed E-state index contributed by atoms with van der Waals surface area (Å²) in [6.45, 7) is 1.23. The maximum atomic E-state index is 11.8. The van der Waals surface area contributed by atoms with Gasteiger partial charge in [0.15, 0.2) is 16.5 Å². The summed E-state index contributed by atoms with van der Waals surface area (Å²) in [4.78, 5) is 30.4. The maximum Gasteiger partial charge on any atom is 0.356 e. The molecule has 21 heavy (non-hydrogen) atoms. The molecular formula is C13H16N4O3S. The molecule has 112 valence electrons. The molecular weight excluding hydrogens is 292 g/mol. The first-order valence-corrected chi connectivity index (χ1v) is 7.65. The first-order chi connectivity index (χ1) is 10.1. The number of aromatic nitrogens is 2. The van der Waals surface area contributed by atoms with Gasteiger partial charge >= 0.3 is 5.97 Å². The predicted molar refractivity (Wildman–Crippen MR) is 79.0 cm³/mol. The molecule has 1 aliphatic rings. The van der Waals surface area contributed by atoms with Gasteiger partial charge in [0.2, 0.25) is 5.91 Å². The molecule has 1 unspecified atom stereocenters. The van der Waals surface area contributed by atoms with Crippen LogP contribution in [0.3, 0.4) is 0 Å². The second-order valence-electron chi connectivity index (χ2n) is 5.04. The van der Waals surface area contributed by atoms with Crippen LogP contribution in [0.4, 0.5) is 5.82 Å². The van der Waals surface area contributed by atoms with Crippen LogP contribution in [0, 0.1) is 5.92 Å². The SMILES string of the molecule is CNC(=O)C1CCCN(c2nc3sccn3c2C(=O)O)C1. The Kier molecular flexibility index (Phi) is 3.54. The Morgan fingerprint density at radius 1 is 1.52 bits per heavy atom. The highest BCUT2D eigenvalue weighted by Crippen LogP contribution is 2.28. The van der Waals surface area contributed by atoms with Crippen molar-refractivity contribution in [3.05, 3.63) is 17.3 Å². The van der Waals surface area contributed by atoms with Crippen LogP contribution in [-0.4, -0.2) is 46.5 Å². The molecule has 1 saturated heterocycles. The van der Waals surface area contributed by atoms with Gasteiger partial charge in [-0.15, -0.1) is 11.3 Å². The maximum absolute atomic E-state index is 11.8. The summed E-state index contributed by atoms with van der Waals surface area (Å²) in [5, 5.41) is 13.9. The number of hydrogen-bond acceptors (Lipinski definition) is 5. The number of fused-ring (bicyclic) bond motifs is 1. The molecule has 8 heteroatoms. The average molecular weight is 308 g/mol. The zero-order chi connectivity index (χ0) is 15.0. The molecule has 1 amide bonds. The summed E-state index contributed by atoms with van der Waals surface area (Å²) < 4.78 is 1.59. The molecule has 2 N–H and O–H groups in total. The van der Waals surface area contributed by atoms with Crippen molar-refractivity contribution in [3.63, 3.8) is 0 Å². The highest BCUT2D eigenvalue weighted by Gasteiger charge is 2.30. The number of anilines is 1. The molecule has 2 aromatic rings. The van der Waals surface area contributed by atoms with Crippen LogP contribution < -0.4 is 10.2 Å². The number of carboxylic acid groups (broad SMARTS) is 1. The highest BCUT2D eigenvalue weighted by atomic mass is 32.1. The third-order valence-corrected chi connectivity index (χ3v) is 4.54. The summed E-state index contributed by atoms with van der Waals surface area (Å²) in [6, 6.07) is 0. The van der Waals surface area contributed by atoms with E-state index >= 15 is 0 Å². The molecule has 0 radical (unpaired) electrons. The number of piperidine rings is 1. The molecule has 0 aliphatic carbocycles. The second kappa shape index (κ2) is 5.36. The Balaban J connectivity index is 1.96. The van der Waals surface area contributed by atoms with Gasteiger partial charge in [0.1, 0.15) is 0 Å². The number of carboxylic acids is 1. The topological polar surface area (TPSA) is 86.9 Å². The number of thiazole rings is 1. The van der Waals surface area contributed by atoms with Crippen molar-refractivity contribution in [2.24, 2.45) is 5.92 Å². The largest absolute Gasteiger partial charge is 0.476 e. The molecule has 7 nitrogen and oxygen atoms in total. The number of amides is 1. The van der Waals surface area contributed by atoms with E-state index in [0.717, 1.165) is 19.4 Å². The lowest BCUT2D eigenvalue weighted by atomic mass is 9.97. The monoisotopic (exact) mass is 308 g/mol. The molecule has 1 fully saturated rings. The van der Waals surface area contributed by atoms with E-state index in [4.69, 9.17) is 0 Å².